The molecule has 2 saturated carbocycles. The zero-order valence-corrected chi connectivity index (χ0v) is 51.4. The van der Waals surface area contributed by atoms with E-state index in [4.69, 9.17) is 14.7 Å². The molecule has 2 N–H and O–H groups in total. The molecule has 4 fully saturated rings. The number of fused-ring (bicyclic) bond motifs is 1. The maximum atomic E-state index is 15.0. The lowest BCUT2D eigenvalue weighted by atomic mass is 9.81. The van der Waals surface area contributed by atoms with E-state index in [2.05, 4.69) is 131 Å². The minimum atomic E-state index is -0.734. The molecule has 12 nitrogen and oxygen atoms in total. The first-order valence-corrected chi connectivity index (χ1v) is 31.5. The molecule has 13 heteroatoms. The summed E-state index contributed by atoms with van der Waals surface area (Å²) in [6, 6.07) is 9.99. The largest absolute Gasteiger partial charge is 0.375 e. The Morgan fingerprint density at radius 2 is 1.73 bits per heavy atom. The Morgan fingerprint density at radius 1 is 0.987 bits per heavy atom. The van der Waals surface area contributed by atoms with E-state index in [9.17, 15) is 14.4 Å². The second kappa shape index (κ2) is 29.9. The highest BCUT2D eigenvalue weighted by molar-refractivity contribution is 7.10. The number of allylic oxidation sites excluding steroid dienone is 1. The Labute approximate surface area is 475 Å². The van der Waals surface area contributed by atoms with Gasteiger partial charge in [0.1, 0.15) is 12.3 Å². The first kappa shape index (κ1) is 62.8. The van der Waals surface area contributed by atoms with E-state index >= 15 is 0 Å². The Morgan fingerprint density at radius 3 is 2.33 bits per heavy atom. The van der Waals surface area contributed by atoms with Gasteiger partial charge in [0.15, 0.2) is 0 Å². The van der Waals surface area contributed by atoms with Gasteiger partial charge < -0.3 is 24.3 Å². The molecule has 3 aromatic heterocycles. The van der Waals surface area contributed by atoms with Gasteiger partial charge in [0, 0.05) is 98.0 Å². The quantitative estimate of drug-likeness (QED) is 0.0660. The summed E-state index contributed by atoms with van der Waals surface area (Å²) in [5.41, 5.74) is 12.4. The molecule has 7 atom stereocenters. The summed E-state index contributed by atoms with van der Waals surface area (Å²) in [6.07, 6.45) is 17.2. The summed E-state index contributed by atoms with van der Waals surface area (Å²) in [6.45, 7) is 37.4. The van der Waals surface area contributed by atoms with Crippen LogP contribution in [0.4, 0.5) is 0 Å². The summed E-state index contributed by atoms with van der Waals surface area (Å²) in [5.74, 6) is 2.72. The molecule has 7 unspecified atom stereocenters. The van der Waals surface area contributed by atoms with Crippen LogP contribution in [0, 0.1) is 40.9 Å². The summed E-state index contributed by atoms with van der Waals surface area (Å²) in [5, 5.41) is 9.35. The zero-order chi connectivity index (χ0) is 56.7. The van der Waals surface area contributed by atoms with Gasteiger partial charge in [0.2, 0.25) is 5.91 Å². The summed E-state index contributed by atoms with van der Waals surface area (Å²) in [7, 11) is 1.75. The zero-order valence-electron chi connectivity index (χ0n) is 50.6. The van der Waals surface area contributed by atoms with Crippen molar-refractivity contribution in [3.63, 3.8) is 0 Å². The number of methoxy groups -OCH3 is 1. The van der Waals surface area contributed by atoms with Crippen LogP contribution >= 0.6 is 11.3 Å². The number of amides is 2. The van der Waals surface area contributed by atoms with Gasteiger partial charge in [-0.15, -0.1) is 11.3 Å². The minimum absolute atomic E-state index is 0.00617. The van der Waals surface area contributed by atoms with Crippen LogP contribution in [-0.2, 0) is 38.5 Å². The van der Waals surface area contributed by atoms with Gasteiger partial charge in [-0.2, -0.15) is 0 Å². The lowest BCUT2D eigenvalue weighted by molar-refractivity contribution is -0.141. The van der Waals surface area contributed by atoms with Crippen LogP contribution < -0.4 is 10.7 Å². The topological polar surface area (TPSA) is 125 Å². The van der Waals surface area contributed by atoms with Crippen LogP contribution in [0.15, 0.2) is 54.2 Å². The third-order valence-corrected chi connectivity index (χ3v) is 19.3. The highest BCUT2D eigenvalue weighted by atomic mass is 32.1. The highest BCUT2D eigenvalue weighted by Gasteiger charge is 2.41. The van der Waals surface area contributed by atoms with Gasteiger partial charge in [-0.05, 0) is 144 Å². The van der Waals surface area contributed by atoms with E-state index in [1.54, 1.807) is 23.5 Å². The predicted molar refractivity (Wildman–Crippen MR) is 324 cm³/mol. The standard InChI is InChI=1S/C58H88N8O3S.C5H8O.C2H6/c1-13-38(5)39(6)40(7)41(8)63(15-3)35-43-27-31-64(36-43)54(44-22-17-18-23-44)56(67)62-49(57(68)66-30-20-19-29-60-66)33-52-61-50(37-70-52)45-25-26-51-47(32-45)48(34-58(10,11)14-2)55(65(51)16-4)46-24-21-28-59-53(46)42(9)69-12;6-4-5-2-1-3-5;1-2/h21,24-26,28,32,37-40,42-44,49,54,60H,8,13-20,22-23,27,29-31,33-36H2,1-7,9-12H3,(H,62,67);4-5H,1-3H2;1-2H3. The molecule has 432 valence electrons. The molecule has 2 aliphatic heterocycles. The molecular formula is C65H102N8O4S. The number of aromatic nitrogens is 3. The van der Waals surface area contributed by atoms with Crippen molar-refractivity contribution in [2.75, 3.05) is 46.4 Å². The number of ether oxygens (including phenoxy) is 1. The Hall–Kier alpha value is -4.43. The van der Waals surface area contributed by atoms with Crippen LogP contribution in [0.2, 0.25) is 0 Å². The van der Waals surface area contributed by atoms with Crippen molar-refractivity contribution in [3.8, 4) is 22.5 Å². The number of hydrazine groups is 1. The monoisotopic (exact) mass is 1090 g/mol. The van der Waals surface area contributed by atoms with Gasteiger partial charge >= 0.3 is 0 Å². The average molecular weight is 1090 g/mol. The number of rotatable bonds is 24. The summed E-state index contributed by atoms with van der Waals surface area (Å²) in [4.78, 5) is 54.5. The van der Waals surface area contributed by atoms with Crippen LogP contribution in [0.5, 0.6) is 0 Å². The molecule has 0 bridgehead atoms. The van der Waals surface area contributed by atoms with Gasteiger partial charge in [-0.1, -0.05) is 107 Å². The van der Waals surface area contributed by atoms with Gasteiger partial charge in [0.25, 0.3) is 5.91 Å². The molecule has 2 aliphatic carbocycles. The molecule has 4 aliphatic rings. The number of carbonyl (C=O) groups is 3. The van der Waals surface area contributed by atoms with Crippen LogP contribution in [0.3, 0.4) is 0 Å². The summed E-state index contributed by atoms with van der Waals surface area (Å²) < 4.78 is 8.29. The van der Waals surface area contributed by atoms with Crippen LogP contribution in [0.25, 0.3) is 33.4 Å². The number of benzene rings is 1. The lowest BCUT2D eigenvalue weighted by Crippen LogP contribution is -2.59. The molecular weight excluding hydrogens is 989 g/mol. The van der Waals surface area contributed by atoms with Gasteiger partial charge in [-0.25, -0.2) is 10.4 Å². The Bertz CT molecular complexity index is 2540. The third-order valence-electron chi connectivity index (χ3n) is 18.4. The van der Waals surface area contributed by atoms with E-state index in [-0.39, 0.29) is 35.3 Å². The Balaban J connectivity index is 0.00000114. The van der Waals surface area contributed by atoms with Crippen molar-refractivity contribution in [1.29, 1.82) is 0 Å². The number of nitrogens with one attached hydrogen (secondary N) is 2. The number of hydrogen-bond donors (Lipinski definition) is 2. The van der Waals surface area contributed by atoms with Crippen LogP contribution in [0.1, 0.15) is 183 Å². The summed E-state index contributed by atoms with van der Waals surface area (Å²) >= 11 is 1.58. The number of likely N-dealkylation sites (tertiary alicyclic amines) is 1. The van der Waals surface area contributed by atoms with Crippen molar-refractivity contribution < 1.29 is 19.1 Å². The van der Waals surface area contributed by atoms with E-state index in [0.717, 1.165) is 144 Å². The maximum Gasteiger partial charge on any atom is 0.259 e. The van der Waals surface area contributed by atoms with Crippen LogP contribution in [-0.4, -0.2) is 106 Å². The third kappa shape index (κ3) is 15.3. The van der Waals surface area contributed by atoms with Gasteiger partial charge in [0.05, 0.1) is 34.2 Å². The number of nitrogens with zero attached hydrogens (tertiary/aromatic N) is 6. The number of thiazole rings is 1. The SMILES string of the molecule is C=C(C(C)C(C)C(C)CC)N(CC)CC1CCN(C(C(=O)NC(Cc2nc(-c3ccc4c(c3)c(CC(C)(C)CC)c(-c3cccnc3C(C)OC)n4CC)cs2)C(=O)N2CCCCN2)C2CCCC2)C1.CC.O=CC1CCC1. The molecule has 4 aromatic rings. The molecule has 8 rings (SSSR count). The second-order valence-corrected chi connectivity index (χ2v) is 24.8. The molecule has 0 radical (unpaired) electrons. The first-order valence-electron chi connectivity index (χ1n) is 30.6. The number of pyridine rings is 1. The lowest BCUT2D eigenvalue weighted by Gasteiger charge is -2.36. The molecule has 5 heterocycles. The average Bonchev–Trinajstić information content (AvgIpc) is 4.32. The van der Waals surface area contributed by atoms with Crippen molar-refractivity contribution in [2.24, 2.45) is 40.9 Å². The van der Waals surface area contributed by atoms with E-state index in [0.29, 0.717) is 42.6 Å². The molecule has 1 aromatic carbocycles. The number of aldehydes is 1. The minimum Gasteiger partial charge on any atom is -0.375 e. The van der Waals surface area contributed by atoms with Crippen molar-refractivity contribution >= 4 is 40.3 Å². The number of carbonyl (C=O) groups excluding carboxylic acids is 3. The molecule has 2 saturated heterocycles. The highest BCUT2D eigenvalue weighted by Crippen LogP contribution is 2.43. The fraction of sp³-hybridized carbons (Fsp3) is 0.677. The fourth-order valence-electron chi connectivity index (χ4n) is 12.3. The second-order valence-electron chi connectivity index (χ2n) is 23.8. The van der Waals surface area contributed by atoms with Crippen molar-refractivity contribution in [3.05, 3.63) is 70.4 Å². The van der Waals surface area contributed by atoms with Crippen molar-refractivity contribution in [1.82, 2.24) is 40.1 Å². The van der Waals surface area contributed by atoms with E-state index < -0.39 is 6.04 Å². The smallest absolute Gasteiger partial charge is 0.259 e. The predicted octanol–water partition coefficient (Wildman–Crippen LogP) is 13.7. The Kier molecular flexibility index (Phi) is 24.0. The fourth-order valence-corrected chi connectivity index (χ4v) is 13.1. The van der Waals surface area contributed by atoms with E-state index in [1.165, 1.54) is 40.7 Å². The number of aryl methyl sites for hydroxylation is 1. The van der Waals surface area contributed by atoms with Gasteiger partial charge in [-0.3, -0.25) is 24.5 Å². The molecule has 78 heavy (non-hydrogen) atoms. The molecule has 0 spiro atoms. The number of hydrogen-bond acceptors (Lipinski definition) is 10. The normalized spacial score (nSPS) is 19.6. The maximum absolute atomic E-state index is 15.0. The van der Waals surface area contributed by atoms with Crippen molar-refractivity contribution in [2.45, 2.75) is 198 Å². The molecule has 2 amide bonds. The van der Waals surface area contributed by atoms with E-state index in [1.807, 2.05) is 26.1 Å². The first-order chi connectivity index (χ1) is 37.6.